The molecule has 4 nitrogen and oxygen atoms in total. The van der Waals surface area contributed by atoms with E-state index in [0.29, 0.717) is 16.6 Å². The highest BCUT2D eigenvalue weighted by atomic mass is 32.1. The molecule has 102 valence electrons. The first-order valence-electron chi connectivity index (χ1n) is 6.48. The van der Waals surface area contributed by atoms with Gasteiger partial charge in [0.05, 0.1) is 11.3 Å². The molecule has 5 heteroatoms. The molecule has 2 aromatic heterocycles. The summed E-state index contributed by atoms with van der Waals surface area (Å²) >= 11 is 1.46. The van der Waals surface area contributed by atoms with E-state index in [1.807, 2.05) is 29.6 Å². The fourth-order valence-electron chi connectivity index (χ4n) is 2.03. The van der Waals surface area contributed by atoms with Crippen LogP contribution in [0.4, 0.5) is 5.13 Å². The molecule has 0 aliphatic rings. The lowest BCUT2D eigenvalue weighted by Gasteiger charge is -2.01. The zero-order valence-electron chi connectivity index (χ0n) is 11.3. The minimum atomic E-state index is -0.132. The van der Waals surface area contributed by atoms with Crippen molar-refractivity contribution < 1.29 is 4.79 Å². The largest absolute Gasteiger partial charge is 0.360 e. The average molecular weight is 285 g/mol. The number of aromatic amines is 1. The Hall–Kier alpha value is -2.14. The van der Waals surface area contributed by atoms with Crippen LogP contribution in [0.15, 0.2) is 35.8 Å². The smallest absolute Gasteiger partial charge is 0.259 e. The predicted octanol–water partition coefficient (Wildman–Crippen LogP) is 4.00. The number of hydrogen-bond donors (Lipinski definition) is 2. The average Bonchev–Trinajstić information content (AvgIpc) is 3.04. The molecule has 0 radical (unpaired) electrons. The number of nitrogens with zero attached hydrogens (tertiary/aromatic N) is 1. The highest BCUT2D eigenvalue weighted by Crippen LogP contribution is 2.23. The van der Waals surface area contributed by atoms with Crippen molar-refractivity contribution in [3.63, 3.8) is 0 Å². The molecule has 3 aromatic rings. The Balaban J connectivity index is 1.85. The van der Waals surface area contributed by atoms with E-state index in [9.17, 15) is 4.79 Å². The highest BCUT2D eigenvalue weighted by molar-refractivity contribution is 7.14. The van der Waals surface area contributed by atoms with Gasteiger partial charge >= 0.3 is 0 Å². The number of benzene rings is 1. The first-order chi connectivity index (χ1) is 9.65. The summed E-state index contributed by atoms with van der Waals surface area (Å²) in [5.41, 5.74) is 2.60. The third-order valence-electron chi connectivity index (χ3n) is 3.17. The number of hydrogen-bond acceptors (Lipinski definition) is 3. The number of rotatable bonds is 3. The van der Waals surface area contributed by atoms with Crippen LogP contribution in [-0.4, -0.2) is 15.9 Å². The van der Waals surface area contributed by atoms with Gasteiger partial charge in [0.2, 0.25) is 0 Å². The Labute approximate surface area is 120 Å². The van der Waals surface area contributed by atoms with E-state index in [1.54, 1.807) is 6.20 Å². The predicted molar refractivity (Wildman–Crippen MR) is 82.5 cm³/mol. The maximum Gasteiger partial charge on any atom is 0.259 e. The summed E-state index contributed by atoms with van der Waals surface area (Å²) in [7, 11) is 0. The topological polar surface area (TPSA) is 57.8 Å². The SMILES string of the molecule is CC(C)c1csc(NC(=O)c2c[nH]c3ccccc23)n1. The first-order valence-corrected chi connectivity index (χ1v) is 7.36. The number of carbonyl (C=O) groups excluding carboxylic acids is 1. The fourth-order valence-corrected chi connectivity index (χ4v) is 2.90. The second-order valence-corrected chi connectivity index (χ2v) is 5.79. The van der Waals surface area contributed by atoms with Crippen LogP contribution in [0, 0.1) is 0 Å². The fraction of sp³-hybridized carbons (Fsp3) is 0.200. The molecule has 1 amide bonds. The summed E-state index contributed by atoms with van der Waals surface area (Å²) in [4.78, 5) is 19.8. The molecule has 2 heterocycles. The lowest BCUT2D eigenvalue weighted by Crippen LogP contribution is -2.11. The summed E-state index contributed by atoms with van der Waals surface area (Å²) in [6.45, 7) is 4.17. The van der Waals surface area contributed by atoms with E-state index < -0.39 is 0 Å². The van der Waals surface area contributed by atoms with Gasteiger partial charge in [0, 0.05) is 22.5 Å². The monoisotopic (exact) mass is 285 g/mol. The van der Waals surface area contributed by atoms with Gasteiger partial charge in [-0.3, -0.25) is 10.1 Å². The second-order valence-electron chi connectivity index (χ2n) is 4.93. The second kappa shape index (κ2) is 5.09. The van der Waals surface area contributed by atoms with Crippen molar-refractivity contribution in [3.05, 3.63) is 47.1 Å². The minimum Gasteiger partial charge on any atom is -0.360 e. The number of anilines is 1. The highest BCUT2D eigenvalue weighted by Gasteiger charge is 2.14. The zero-order chi connectivity index (χ0) is 14.1. The van der Waals surface area contributed by atoms with Gasteiger partial charge in [-0.1, -0.05) is 32.0 Å². The van der Waals surface area contributed by atoms with Gasteiger partial charge in [-0.05, 0) is 12.0 Å². The molecule has 20 heavy (non-hydrogen) atoms. The lowest BCUT2D eigenvalue weighted by atomic mass is 10.1. The summed E-state index contributed by atoms with van der Waals surface area (Å²) in [5, 5.41) is 6.41. The number of H-pyrrole nitrogens is 1. The van der Waals surface area contributed by atoms with Crippen LogP contribution >= 0.6 is 11.3 Å². The van der Waals surface area contributed by atoms with Crippen LogP contribution in [-0.2, 0) is 0 Å². The zero-order valence-corrected chi connectivity index (χ0v) is 12.1. The summed E-state index contributed by atoms with van der Waals surface area (Å²) in [6.07, 6.45) is 1.73. The van der Waals surface area contributed by atoms with Crippen molar-refractivity contribution in [2.75, 3.05) is 5.32 Å². The van der Waals surface area contributed by atoms with Gasteiger partial charge < -0.3 is 4.98 Å². The van der Waals surface area contributed by atoms with Crippen molar-refractivity contribution in [1.82, 2.24) is 9.97 Å². The molecule has 0 spiro atoms. The van der Waals surface area contributed by atoms with Crippen molar-refractivity contribution in [3.8, 4) is 0 Å². The van der Waals surface area contributed by atoms with Crippen molar-refractivity contribution in [1.29, 1.82) is 0 Å². The van der Waals surface area contributed by atoms with Crippen molar-refractivity contribution in [2.45, 2.75) is 19.8 Å². The molecule has 0 bridgehead atoms. The van der Waals surface area contributed by atoms with Gasteiger partial charge in [-0.15, -0.1) is 11.3 Å². The number of carbonyl (C=O) groups is 1. The van der Waals surface area contributed by atoms with Gasteiger partial charge in [0.25, 0.3) is 5.91 Å². The van der Waals surface area contributed by atoms with Gasteiger partial charge in [0.15, 0.2) is 5.13 Å². The Bertz CT molecular complexity index is 757. The number of nitrogens with one attached hydrogen (secondary N) is 2. The first kappa shape index (κ1) is 12.9. The van der Waals surface area contributed by atoms with E-state index in [1.165, 1.54) is 11.3 Å². The van der Waals surface area contributed by atoms with E-state index in [4.69, 9.17) is 0 Å². The van der Waals surface area contributed by atoms with E-state index in [2.05, 4.69) is 29.1 Å². The molecule has 0 aliphatic carbocycles. The molecule has 0 saturated carbocycles. The molecule has 0 saturated heterocycles. The number of thiazole rings is 1. The van der Waals surface area contributed by atoms with Gasteiger partial charge in [0.1, 0.15) is 0 Å². The van der Waals surface area contributed by atoms with Gasteiger partial charge in [-0.25, -0.2) is 4.98 Å². The minimum absolute atomic E-state index is 0.132. The molecule has 0 aliphatic heterocycles. The quantitative estimate of drug-likeness (QED) is 0.764. The molecule has 0 atom stereocenters. The Kier molecular flexibility index (Phi) is 3.28. The normalized spacial score (nSPS) is 11.2. The number of amides is 1. The van der Waals surface area contributed by atoms with Crippen LogP contribution < -0.4 is 5.32 Å². The number of fused-ring (bicyclic) bond motifs is 1. The molecule has 1 aromatic carbocycles. The standard InChI is InChI=1S/C15H15N3OS/c1-9(2)13-8-20-15(17-13)18-14(19)11-7-16-12-6-4-3-5-10(11)12/h3-9,16H,1-2H3,(H,17,18,19). The van der Waals surface area contributed by atoms with E-state index in [-0.39, 0.29) is 5.91 Å². The van der Waals surface area contributed by atoms with Crippen molar-refractivity contribution >= 4 is 33.3 Å². The Morgan fingerprint density at radius 2 is 2.15 bits per heavy atom. The Morgan fingerprint density at radius 3 is 2.90 bits per heavy atom. The van der Waals surface area contributed by atoms with Gasteiger partial charge in [-0.2, -0.15) is 0 Å². The number of para-hydroxylation sites is 1. The third kappa shape index (κ3) is 2.32. The van der Waals surface area contributed by atoms with E-state index >= 15 is 0 Å². The van der Waals surface area contributed by atoms with Crippen LogP contribution in [0.3, 0.4) is 0 Å². The lowest BCUT2D eigenvalue weighted by molar-refractivity contribution is 0.102. The van der Waals surface area contributed by atoms with Crippen LogP contribution in [0.1, 0.15) is 35.8 Å². The summed E-state index contributed by atoms with van der Waals surface area (Å²) < 4.78 is 0. The molecule has 0 unspecified atom stereocenters. The van der Waals surface area contributed by atoms with E-state index in [0.717, 1.165) is 16.6 Å². The van der Waals surface area contributed by atoms with Crippen LogP contribution in [0.2, 0.25) is 0 Å². The maximum absolute atomic E-state index is 12.3. The molecule has 2 N–H and O–H groups in total. The Morgan fingerprint density at radius 1 is 1.35 bits per heavy atom. The third-order valence-corrected chi connectivity index (χ3v) is 3.94. The number of aromatic nitrogens is 2. The summed E-state index contributed by atoms with van der Waals surface area (Å²) in [6, 6.07) is 7.75. The van der Waals surface area contributed by atoms with Crippen LogP contribution in [0.25, 0.3) is 10.9 Å². The molecule has 0 fully saturated rings. The van der Waals surface area contributed by atoms with Crippen molar-refractivity contribution in [2.24, 2.45) is 0 Å². The maximum atomic E-state index is 12.3. The molecule has 3 rings (SSSR count). The van der Waals surface area contributed by atoms with Crippen LogP contribution in [0.5, 0.6) is 0 Å². The summed E-state index contributed by atoms with van der Waals surface area (Å²) in [5.74, 6) is 0.233. The molecular weight excluding hydrogens is 270 g/mol. The molecular formula is C15H15N3OS.